The van der Waals surface area contributed by atoms with Crippen molar-refractivity contribution in [1.29, 1.82) is 0 Å². The van der Waals surface area contributed by atoms with E-state index in [1.165, 1.54) is 0 Å². The van der Waals surface area contributed by atoms with Crippen molar-refractivity contribution < 1.29 is 19.0 Å². The number of nitrogens with zero attached hydrogens (tertiary/aromatic N) is 3. The van der Waals surface area contributed by atoms with Crippen LogP contribution in [-0.2, 0) is 9.47 Å². The summed E-state index contributed by atoms with van der Waals surface area (Å²) >= 11 is 6.10. The Balaban J connectivity index is 1.75. The molecule has 0 saturated carbocycles. The Morgan fingerprint density at radius 3 is 2.90 bits per heavy atom. The third kappa shape index (κ3) is 5.48. The Morgan fingerprint density at radius 1 is 1.41 bits per heavy atom. The molecule has 0 radical (unpaired) electrons. The van der Waals surface area contributed by atoms with Crippen molar-refractivity contribution in [2.24, 2.45) is 0 Å². The summed E-state index contributed by atoms with van der Waals surface area (Å²) in [4.78, 5) is 23.1. The minimum absolute atomic E-state index is 0.229. The van der Waals surface area contributed by atoms with Crippen LogP contribution >= 0.6 is 11.6 Å². The van der Waals surface area contributed by atoms with E-state index < -0.39 is 5.60 Å². The molecule has 3 heterocycles. The lowest BCUT2D eigenvalue weighted by Crippen LogP contribution is -2.51. The van der Waals surface area contributed by atoms with Crippen LogP contribution < -0.4 is 4.74 Å². The zero-order valence-electron chi connectivity index (χ0n) is 17.6. The first-order valence-electron chi connectivity index (χ1n) is 9.71. The molecule has 158 valence electrons. The second-order valence-electron chi connectivity index (χ2n) is 8.78. The number of aromatic nitrogens is 2. The number of amides is 1. The molecule has 0 aliphatic carbocycles. The molecule has 2 aromatic rings. The van der Waals surface area contributed by atoms with Crippen molar-refractivity contribution in [3.8, 4) is 5.88 Å². The fourth-order valence-electron chi connectivity index (χ4n) is 3.15. The Labute approximate surface area is 176 Å². The van der Waals surface area contributed by atoms with Gasteiger partial charge < -0.3 is 19.1 Å². The largest absolute Gasteiger partial charge is 0.474 e. The minimum atomic E-state index is -0.567. The highest BCUT2D eigenvalue weighted by Crippen LogP contribution is 2.28. The summed E-state index contributed by atoms with van der Waals surface area (Å²) in [7, 11) is 0. The van der Waals surface area contributed by atoms with Crippen molar-refractivity contribution in [1.82, 2.24) is 14.9 Å². The van der Waals surface area contributed by atoms with Crippen LogP contribution in [0.3, 0.4) is 0 Å². The van der Waals surface area contributed by atoms with Gasteiger partial charge in [0.25, 0.3) is 0 Å². The maximum absolute atomic E-state index is 12.8. The molecule has 7 nitrogen and oxygen atoms in total. The van der Waals surface area contributed by atoms with Crippen LogP contribution in [0, 0.1) is 0 Å². The fourth-order valence-corrected chi connectivity index (χ4v) is 3.33. The lowest BCUT2D eigenvalue weighted by Gasteiger charge is -2.38. The first-order valence-corrected chi connectivity index (χ1v) is 10.1. The maximum Gasteiger partial charge on any atom is 0.410 e. The number of ether oxygens (including phenoxy) is 3. The highest BCUT2D eigenvalue weighted by Gasteiger charge is 2.38. The average Bonchev–Trinajstić information content (AvgIpc) is 2.76. The van der Waals surface area contributed by atoms with Gasteiger partial charge in [0.15, 0.2) is 0 Å². The summed E-state index contributed by atoms with van der Waals surface area (Å²) in [5.41, 5.74) is -0.244. The number of fused-ring (bicyclic) bond motifs is 1. The number of halogens is 1. The molecule has 0 bridgehead atoms. The Kier molecular flexibility index (Phi) is 6.19. The van der Waals surface area contributed by atoms with Crippen molar-refractivity contribution in [2.75, 3.05) is 19.8 Å². The minimum Gasteiger partial charge on any atom is -0.474 e. The second kappa shape index (κ2) is 8.32. The third-order valence-corrected chi connectivity index (χ3v) is 4.93. The first kappa shape index (κ1) is 21.6. The SMILES string of the molecule is CC(C)(C)OC(=O)N1C[C@@H](COc2nc(Cl)cc3ncccc23)OCCC1(C)C. The van der Waals surface area contributed by atoms with Gasteiger partial charge in [-0.1, -0.05) is 11.6 Å². The molecule has 0 N–H and O–H groups in total. The standard InChI is InChI=1S/C21H28ClN3O4/c1-20(2,3)29-19(26)25-12-14(27-10-8-21(25,4)5)13-28-18-15-7-6-9-23-16(15)11-17(22)24-18/h6-7,9,11,14H,8,10,12-13H2,1-5H3/t14-/m0/s1. The van der Waals surface area contributed by atoms with E-state index in [-0.39, 0.29) is 24.3 Å². The highest BCUT2D eigenvalue weighted by molar-refractivity contribution is 6.30. The van der Waals surface area contributed by atoms with E-state index in [1.807, 2.05) is 46.8 Å². The number of rotatable bonds is 3. The molecular weight excluding hydrogens is 394 g/mol. The predicted molar refractivity (Wildman–Crippen MR) is 111 cm³/mol. The van der Waals surface area contributed by atoms with Crippen molar-refractivity contribution in [3.05, 3.63) is 29.5 Å². The van der Waals surface area contributed by atoms with Crippen LogP contribution in [-0.4, -0.2) is 58.0 Å². The molecule has 1 fully saturated rings. The van der Waals surface area contributed by atoms with Gasteiger partial charge in [-0.15, -0.1) is 0 Å². The van der Waals surface area contributed by atoms with Gasteiger partial charge in [0.2, 0.25) is 5.88 Å². The van der Waals surface area contributed by atoms with Gasteiger partial charge in [0.1, 0.15) is 23.5 Å². The number of pyridine rings is 2. The smallest absolute Gasteiger partial charge is 0.410 e. The monoisotopic (exact) mass is 421 g/mol. The Bertz CT molecular complexity index is 882. The van der Waals surface area contributed by atoms with E-state index >= 15 is 0 Å². The maximum atomic E-state index is 12.8. The summed E-state index contributed by atoms with van der Waals surface area (Å²) in [6, 6.07) is 5.39. The molecule has 29 heavy (non-hydrogen) atoms. The van der Waals surface area contributed by atoms with Crippen LogP contribution in [0.2, 0.25) is 5.15 Å². The van der Waals surface area contributed by atoms with Crippen LogP contribution in [0.15, 0.2) is 24.4 Å². The van der Waals surface area contributed by atoms with Crippen molar-refractivity contribution in [2.45, 2.75) is 58.3 Å². The molecule has 1 aliphatic heterocycles. The van der Waals surface area contributed by atoms with E-state index in [0.29, 0.717) is 36.1 Å². The Hall–Kier alpha value is -2.12. The van der Waals surface area contributed by atoms with Gasteiger partial charge in [-0.2, -0.15) is 0 Å². The molecule has 2 aromatic heterocycles. The predicted octanol–water partition coefficient (Wildman–Crippen LogP) is 4.47. The zero-order valence-corrected chi connectivity index (χ0v) is 18.3. The lowest BCUT2D eigenvalue weighted by molar-refractivity contribution is -0.00921. The third-order valence-electron chi connectivity index (χ3n) is 4.74. The summed E-state index contributed by atoms with van der Waals surface area (Å²) in [5, 5.41) is 1.08. The average molecular weight is 422 g/mol. The lowest BCUT2D eigenvalue weighted by atomic mass is 9.99. The number of hydrogen-bond acceptors (Lipinski definition) is 6. The van der Waals surface area contributed by atoms with Gasteiger partial charge in [-0.05, 0) is 53.2 Å². The summed E-state index contributed by atoms with van der Waals surface area (Å²) in [6.07, 6.45) is 1.72. The molecule has 1 saturated heterocycles. The van der Waals surface area contributed by atoms with Gasteiger partial charge >= 0.3 is 6.09 Å². The van der Waals surface area contributed by atoms with E-state index in [1.54, 1.807) is 17.2 Å². The number of hydrogen-bond donors (Lipinski definition) is 0. The molecule has 1 amide bonds. The van der Waals surface area contributed by atoms with Crippen LogP contribution in [0.5, 0.6) is 5.88 Å². The highest BCUT2D eigenvalue weighted by atomic mass is 35.5. The number of carbonyl (C=O) groups excluding carboxylic acids is 1. The van der Waals surface area contributed by atoms with Gasteiger partial charge in [-0.3, -0.25) is 4.98 Å². The van der Waals surface area contributed by atoms with Gasteiger partial charge in [-0.25, -0.2) is 9.78 Å². The molecule has 0 spiro atoms. The van der Waals surface area contributed by atoms with E-state index in [0.717, 1.165) is 5.39 Å². The Morgan fingerprint density at radius 2 is 2.17 bits per heavy atom. The quantitative estimate of drug-likeness (QED) is 0.681. The van der Waals surface area contributed by atoms with Crippen molar-refractivity contribution >= 4 is 28.6 Å². The molecular formula is C21H28ClN3O4. The first-order chi connectivity index (χ1) is 13.5. The van der Waals surface area contributed by atoms with Crippen LogP contribution in [0.1, 0.15) is 41.0 Å². The van der Waals surface area contributed by atoms with E-state index in [9.17, 15) is 4.79 Å². The van der Waals surface area contributed by atoms with Gasteiger partial charge in [0.05, 0.1) is 17.4 Å². The van der Waals surface area contributed by atoms with E-state index in [4.69, 9.17) is 25.8 Å². The number of carbonyl (C=O) groups is 1. The molecule has 1 atom stereocenters. The van der Waals surface area contributed by atoms with Gasteiger partial charge in [0, 0.05) is 24.4 Å². The molecule has 0 aromatic carbocycles. The van der Waals surface area contributed by atoms with Crippen LogP contribution in [0.25, 0.3) is 10.9 Å². The molecule has 3 rings (SSSR count). The van der Waals surface area contributed by atoms with Crippen molar-refractivity contribution in [3.63, 3.8) is 0 Å². The van der Waals surface area contributed by atoms with Crippen LogP contribution in [0.4, 0.5) is 4.79 Å². The van der Waals surface area contributed by atoms with E-state index in [2.05, 4.69) is 9.97 Å². The molecule has 1 aliphatic rings. The summed E-state index contributed by atoms with van der Waals surface area (Å²) in [6.45, 7) is 10.7. The summed E-state index contributed by atoms with van der Waals surface area (Å²) in [5.74, 6) is 0.400. The molecule has 8 heteroatoms. The summed E-state index contributed by atoms with van der Waals surface area (Å²) < 4.78 is 17.5. The topological polar surface area (TPSA) is 73.8 Å². The fraction of sp³-hybridized carbons (Fsp3) is 0.571. The molecule has 0 unspecified atom stereocenters. The zero-order chi connectivity index (χ0) is 21.2. The second-order valence-corrected chi connectivity index (χ2v) is 9.16. The normalized spacial score (nSPS) is 19.7.